The molecule has 1 N–H and O–H groups in total. The van der Waals surface area contributed by atoms with Gasteiger partial charge in [-0.3, -0.25) is 0 Å². The summed E-state index contributed by atoms with van der Waals surface area (Å²) < 4.78 is 11.5. The van der Waals surface area contributed by atoms with Crippen molar-refractivity contribution in [3.05, 3.63) is 107 Å². The van der Waals surface area contributed by atoms with Crippen molar-refractivity contribution in [3.63, 3.8) is 0 Å². The van der Waals surface area contributed by atoms with Crippen LogP contribution in [0.15, 0.2) is 78.9 Å². The van der Waals surface area contributed by atoms with Crippen molar-refractivity contribution in [2.24, 2.45) is 0 Å². The van der Waals surface area contributed by atoms with Crippen molar-refractivity contribution >= 4 is 5.97 Å². The minimum atomic E-state index is -0.954. The van der Waals surface area contributed by atoms with Crippen LogP contribution in [-0.4, -0.2) is 11.1 Å². The largest absolute Gasteiger partial charge is 0.478 e. The van der Waals surface area contributed by atoms with E-state index in [9.17, 15) is 9.90 Å². The monoisotopic (exact) mass is 362 g/mol. The third-order valence-corrected chi connectivity index (χ3v) is 4.06. The summed E-state index contributed by atoms with van der Waals surface area (Å²) in [6, 6.07) is 25.0. The lowest BCUT2D eigenvalue weighted by Crippen LogP contribution is -2.03. The minimum Gasteiger partial charge on any atom is -0.478 e. The molecule has 0 radical (unpaired) electrons. The number of carbonyl (C=O) groups is 1. The van der Waals surface area contributed by atoms with E-state index in [-0.39, 0.29) is 5.56 Å². The topological polar surface area (TPSA) is 55.8 Å². The van der Waals surface area contributed by atoms with Crippen LogP contribution in [-0.2, 0) is 35.9 Å². The van der Waals surface area contributed by atoms with E-state index < -0.39 is 5.97 Å². The molecule has 0 bridgehead atoms. The number of aromatic carboxylic acids is 1. The normalized spacial score (nSPS) is 10.7. The lowest BCUT2D eigenvalue weighted by molar-refractivity contribution is 0.0695. The van der Waals surface area contributed by atoms with E-state index in [4.69, 9.17) is 9.47 Å². The molecule has 4 nitrogen and oxygen atoms in total. The quantitative estimate of drug-likeness (QED) is 0.593. The third kappa shape index (κ3) is 6.06. The van der Waals surface area contributed by atoms with Crippen LogP contribution in [0.4, 0.5) is 0 Å². The summed E-state index contributed by atoms with van der Waals surface area (Å²) in [6.45, 7) is 1.67. The molecule has 0 unspecified atom stereocenters. The smallest absolute Gasteiger partial charge is 0.335 e. The van der Waals surface area contributed by atoms with Crippen molar-refractivity contribution in [2.75, 3.05) is 0 Å². The van der Waals surface area contributed by atoms with E-state index in [1.165, 1.54) is 0 Å². The van der Waals surface area contributed by atoms with Crippen LogP contribution in [0.3, 0.4) is 0 Å². The maximum atomic E-state index is 11.4. The van der Waals surface area contributed by atoms with Gasteiger partial charge in [0, 0.05) is 0 Å². The Labute approximate surface area is 159 Å². The van der Waals surface area contributed by atoms with Gasteiger partial charge >= 0.3 is 5.97 Å². The molecule has 27 heavy (non-hydrogen) atoms. The molecule has 3 aromatic carbocycles. The molecule has 0 fully saturated rings. The Bertz CT molecular complexity index is 796. The molecule has 0 aliphatic carbocycles. The lowest BCUT2D eigenvalue weighted by atomic mass is 10.1. The zero-order chi connectivity index (χ0) is 18.9. The molecule has 0 spiro atoms. The fourth-order valence-corrected chi connectivity index (χ4v) is 2.77. The van der Waals surface area contributed by atoms with Crippen LogP contribution >= 0.6 is 0 Å². The fraction of sp³-hybridized carbons (Fsp3) is 0.174. The maximum absolute atomic E-state index is 11.4. The minimum absolute atomic E-state index is 0.245. The van der Waals surface area contributed by atoms with E-state index in [0.29, 0.717) is 26.4 Å². The predicted octanol–water partition coefficient (Wildman–Crippen LogP) is 4.82. The summed E-state index contributed by atoms with van der Waals surface area (Å²) >= 11 is 0. The lowest BCUT2D eigenvalue weighted by Gasteiger charge is -2.10. The van der Waals surface area contributed by atoms with E-state index in [1.54, 1.807) is 12.1 Å². The van der Waals surface area contributed by atoms with Crippen molar-refractivity contribution < 1.29 is 19.4 Å². The molecule has 3 aromatic rings. The van der Waals surface area contributed by atoms with E-state index in [2.05, 4.69) is 0 Å². The van der Waals surface area contributed by atoms with Crippen molar-refractivity contribution in [1.29, 1.82) is 0 Å². The molecule has 138 valence electrons. The highest BCUT2D eigenvalue weighted by molar-refractivity contribution is 5.88. The Balaban J connectivity index is 1.60. The van der Waals surface area contributed by atoms with Crippen LogP contribution in [0.2, 0.25) is 0 Å². The first-order valence-corrected chi connectivity index (χ1v) is 8.80. The van der Waals surface area contributed by atoms with Crippen molar-refractivity contribution in [2.45, 2.75) is 26.4 Å². The van der Waals surface area contributed by atoms with Gasteiger partial charge in [0.25, 0.3) is 0 Å². The second kappa shape index (κ2) is 9.67. The standard InChI is InChI=1S/C23H22O4/c24-23(25)22-12-20(16-26-14-18-7-3-1-4-8-18)11-21(13-22)17-27-15-19-9-5-2-6-10-19/h1-13H,14-17H2,(H,24,25). The summed E-state index contributed by atoms with van der Waals surface area (Å²) in [7, 11) is 0. The number of hydrogen-bond donors (Lipinski definition) is 1. The summed E-state index contributed by atoms with van der Waals surface area (Å²) in [5, 5.41) is 9.36. The molecule has 3 rings (SSSR count). The van der Waals surface area contributed by atoms with Crippen LogP contribution in [0.5, 0.6) is 0 Å². The van der Waals surface area contributed by atoms with Gasteiger partial charge in [-0.25, -0.2) is 4.79 Å². The van der Waals surface area contributed by atoms with Gasteiger partial charge in [0.05, 0.1) is 32.0 Å². The van der Waals surface area contributed by atoms with Crippen LogP contribution in [0, 0.1) is 0 Å². The maximum Gasteiger partial charge on any atom is 0.335 e. The number of carboxylic acid groups (broad SMARTS) is 1. The highest BCUT2D eigenvalue weighted by Crippen LogP contribution is 2.15. The van der Waals surface area contributed by atoms with Crippen molar-refractivity contribution in [3.8, 4) is 0 Å². The number of rotatable bonds is 9. The van der Waals surface area contributed by atoms with Gasteiger partial charge in [-0.05, 0) is 34.4 Å². The first kappa shape index (κ1) is 18.8. The van der Waals surface area contributed by atoms with Gasteiger partial charge in [0.2, 0.25) is 0 Å². The molecule has 0 aromatic heterocycles. The number of ether oxygens (including phenoxy) is 2. The molecule has 0 heterocycles. The van der Waals surface area contributed by atoms with Crippen LogP contribution in [0.1, 0.15) is 32.6 Å². The Morgan fingerprint density at radius 2 is 1.04 bits per heavy atom. The molecule has 0 atom stereocenters. The van der Waals surface area contributed by atoms with Gasteiger partial charge in [-0.15, -0.1) is 0 Å². The molecule has 0 saturated heterocycles. The zero-order valence-corrected chi connectivity index (χ0v) is 15.0. The summed E-state index contributed by atoms with van der Waals surface area (Å²) in [4.78, 5) is 11.4. The fourth-order valence-electron chi connectivity index (χ4n) is 2.77. The molecular weight excluding hydrogens is 340 g/mol. The highest BCUT2D eigenvalue weighted by atomic mass is 16.5. The average molecular weight is 362 g/mol. The molecular formula is C23H22O4. The van der Waals surface area contributed by atoms with Gasteiger partial charge in [0.15, 0.2) is 0 Å². The Morgan fingerprint density at radius 1 is 0.630 bits per heavy atom. The van der Waals surface area contributed by atoms with E-state index in [0.717, 1.165) is 22.3 Å². The van der Waals surface area contributed by atoms with Crippen LogP contribution < -0.4 is 0 Å². The molecule has 0 aliphatic heterocycles. The number of carboxylic acids is 1. The number of benzene rings is 3. The van der Waals surface area contributed by atoms with Crippen molar-refractivity contribution in [1.82, 2.24) is 0 Å². The summed E-state index contributed by atoms with van der Waals surface area (Å²) in [5.41, 5.74) is 4.05. The second-order valence-corrected chi connectivity index (χ2v) is 6.30. The third-order valence-electron chi connectivity index (χ3n) is 4.06. The van der Waals surface area contributed by atoms with Gasteiger partial charge < -0.3 is 14.6 Å². The highest BCUT2D eigenvalue weighted by Gasteiger charge is 2.08. The first-order chi connectivity index (χ1) is 13.2. The Kier molecular flexibility index (Phi) is 6.74. The molecule has 0 saturated carbocycles. The summed E-state index contributed by atoms with van der Waals surface area (Å²) in [5.74, 6) is -0.954. The Hall–Kier alpha value is -2.95. The van der Waals surface area contributed by atoms with Gasteiger partial charge in [-0.2, -0.15) is 0 Å². The van der Waals surface area contributed by atoms with Gasteiger partial charge in [-0.1, -0.05) is 66.7 Å². The molecule has 0 amide bonds. The predicted molar refractivity (Wildman–Crippen MR) is 103 cm³/mol. The molecule has 0 aliphatic rings. The number of hydrogen-bond acceptors (Lipinski definition) is 3. The van der Waals surface area contributed by atoms with E-state index >= 15 is 0 Å². The second-order valence-electron chi connectivity index (χ2n) is 6.30. The SMILES string of the molecule is O=C(O)c1cc(COCc2ccccc2)cc(COCc2ccccc2)c1. The summed E-state index contributed by atoms with van der Waals surface area (Å²) in [6.07, 6.45) is 0. The van der Waals surface area contributed by atoms with E-state index in [1.807, 2.05) is 66.7 Å². The van der Waals surface area contributed by atoms with Crippen LogP contribution in [0.25, 0.3) is 0 Å². The van der Waals surface area contributed by atoms with Gasteiger partial charge in [0.1, 0.15) is 0 Å². The molecule has 4 heteroatoms. The Morgan fingerprint density at radius 3 is 1.44 bits per heavy atom. The average Bonchev–Trinajstić information content (AvgIpc) is 2.69. The first-order valence-electron chi connectivity index (χ1n) is 8.80. The zero-order valence-electron chi connectivity index (χ0n) is 15.0.